The molecule has 1 amide bonds. The van der Waals surface area contributed by atoms with Gasteiger partial charge in [0.05, 0.1) is 20.3 Å². The van der Waals surface area contributed by atoms with Crippen molar-refractivity contribution in [2.24, 2.45) is 0 Å². The standard InChI is InChI=1S/C19H29NO5/c1-19(2,3)25-18(22)20-9-8-13-11-16(23-4)17(24-5)12-14(13)15(20)7-6-10-21/h11-12,15,21H,6-10H2,1-5H3. The zero-order valence-electron chi connectivity index (χ0n) is 15.8. The second-order valence-electron chi connectivity index (χ2n) is 7.21. The monoisotopic (exact) mass is 351 g/mol. The van der Waals surface area contributed by atoms with Crippen LogP contribution in [-0.4, -0.2) is 49.1 Å². The molecular formula is C19H29NO5. The molecule has 1 atom stereocenters. The maximum atomic E-state index is 12.7. The molecule has 0 bridgehead atoms. The van der Waals surface area contributed by atoms with E-state index in [1.807, 2.05) is 32.9 Å². The normalized spacial score (nSPS) is 17.0. The van der Waals surface area contributed by atoms with Crippen LogP contribution < -0.4 is 9.47 Å². The Morgan fingerprint density at radius 3 is 2.44 bits per heavy atom. The van der Waals surface area contributed by atoms with Crippen molar-refractivity contribution < 1.29 is 24.1 Å². The van der Waals surface area contributed by atoms with Gasteiger partial charge in [-0.05, 0) is 63.3 Å². The Labute approximate surface area is 149 Å². The summed E-state index contributed by atoms with van der Waals surface area (Å²) in [6.45, 7) is 6.24. The SMILES string of the molecule is COc1cc2c(cc1OC)C(CCCO)N(C(=O)OC(C)(C)C)CC2. The first kappa shape index (κ1) is 19.4. The number of fused-ring (bicyclic) bond motifs is 1. The average Bonchev–Trinajstić information content (AvgIpc) is 2.56. The van der Waals surface area contributed by atoms with Gasteiger partial charge >= 0.3 is 6.09 Å². The Kier molecular flexibility index (Phi) is 6.16. The summed E-state index contributed by atoms with van der Waals surface area (Å²) in [5.41, 5.74) is 1.62. The second-order valence-corrected chi connectivity index (χ2v) is 7.21. The highest BCUT2D eigenvalue weighted by molar-refractivity contribution is 5.70. The van der Waals surface area contributed by atoms with E-state index in [1.54, 1.807) is 19.1 Å². The number of hydrogen-bond acceptors (Lipinski definition) is 5. The van der Waals surface area contributed by atoms with E-state index in [2.05, 4.69) is 0 Å². The molecule has 1 aliphatic heterocycles. The van der Waals surface area contributed by atoms with Gasteiger partial charge in [0.15, 0.2) is 11.5 Å². The van der Waals surface area contributed by atoms with Crippen LogP contribution in [0.5, 0.6) is 11.5 Å². The fraction of sp³-hybridized carbons (Fsp3) is 0.632. The quantitative estimate of drug-likeness (QED) is 0.881. The highest BCUT2D eigenvalue weighted by Gasteiger charge is 2.34. The molecular weight excluding hydrogens is 322 g/mol. The lowest BCUT2D eigenvalue weighted by molar-refractivity contribution is 0.0125. The molecule has 1 aromatic rings. The number of carbonyl (C=O) groups is 1. The van der Waals surface area contributed by atoms with Crippen LogP contribution in [0.15, 0.2) is 12.1 Å². The van der Waals surface area contributed by atoms with Crippen molar-refractivity contribution in [3.05, 3.63) is 23.3 Å². The summed E-state index contributed by atoms with van der Waals surface area (Å²) in [4.78, 5) is 14.4. The van der Waals surface area contributed by atoms with E-state index >= 15 is 0 Å². The van der Waals surface area contributed by atoms with E-state index in [1.165, 1.54) is 0 Å². The van der Waals surface area contributed by atoms with Gasteiger partial charge in [-0.3, -0.25) is 0 Å². The van der Waals surface area contributed by atoms with Gasteiger partial charge in [0, 0.05) is 13.2 Å². The molecule has 0 radical (unpaired) electrons. The van der Waals surface area contributed by atoms with Crippen molar-refractivity contribution in [3.63, 3.8) is 0 Å². The average molecular weight is 351 g/mol. The molecule has 140 valence electrons. The molecule has 2 rings (SSSR count). The molecule has 0 saturated carbocycles. The fourth-order valence-corrected chi connectivity index (χ4v) is 3.16. The number of benzene rings is 1. The first-order valence-corrected chi connectivity index (χ1v) is 8.66. The van der Waals surface area contributed by atoms with Crippen molar-refractivity contribution in [2.75, 3.05) is 27.4 Å². The van der Waals surface area contributed by atoms with Crippen LogP contribution in [0, 0.1) is 0 Å². The number of methoxy groups -OCH3 is 2. The van der Waals surface area contributed by atoms with Crippen LogP contribution in [0.25, 0.3) is 0 Å². The van der Waals surface area contributed by atoms with Crippen molar-refractivity contribution in [1.82, 2.24) is 4.90 Å². The molecule has 1 aliphatic rings. The summed E-state index contributed by atoms with van der Waals surface area (Å²) >= 11 is 0. The van der Waals surface area contributed by atoms with Gasteiger partial charge < -0.3 is 24.2 Å². The Bertz CT molecular complexity index is 609. The molecule has 1 N–H and O–H groups in total. The zero-order chi connectivity index (χ0) is 18.6. The van der Waals surface area contributed by atoms with Gasteiger partial charge in [-0.15, -0.1) is 0 Å². The van der Waals surface area contributed by atoms with Crippen molar-refractivity contribution in [1.29, 1.82) is 0 Å². The maximum Gasteiger partial charge on any atom is 0.410 e. The number of aliphatic hydroxyl groups is 1. The zero-order valence-corrected chi connectivity index (χ0v) is 15.8. The number of aliphatic hydroxyl groups excluding tert-OH is 1. The number of nitrogens with zero attached hydrogens (tertiary/aromatic N) is 1. The van der Waals surface area contributed by atoms with Gasteiger partial charge in [0.25, 0.3) is 0 Å². The van der Waals surface area contributed by atoms with Crippen molar-refractivity contribution >= 4 is 6.09 Å². The minimum Gasteiger partial charge on any atom is -0.493 e. The van der Waals surface area contributed by atoms with E-state index < -0.39 is 5.60 Å². The summed E-state index contributed by atoms with van der Waals surface area (Å²) in [6.07, 6.45) is 1.68. The van der Waals surface area contributed by atoms with E-state index in [4.69, 9.17) is 14.2 Å². The smallest absolute Gasteiger partial charge is 0.410 e. The molecule has 0 saturated heterocycles. The van der Waals surface area contributed by atoms with Crippen LogP contribution in [-0.2, 0) is 11.2 Å². The lowest BCUT2D eigenvalue weighted by atomic mass is 9.89. The van der Waals surface area contributed by atoms with Crippen molar-refractivity contribution in [2.45, 2.75) is 51.7 Å². The summed E-state index contributed by atoms with van der Waals surface area (Å²) in [5.74, 6) is 1.33. The summed E-state index contributed by atoms with van der Waals surface area (Å²) < 4.78 is 16.4. The molecule has 0 aromatic heterocycles. The maximum absolute atomic E-state index is 12.7. The lowest BCUT2D eigenvalue weighted by Crippen LogP contribution is -2.43. The third-order valence-corrected chi connectivity index (χ3v) is 4.27. The second kappa shape index (κ2) is 7.95. The molecule has 0 fully saturated rings. The number of rotatable bonds is 5. The van der Waals surface area contributed by atoms with Crippen LogP contribution in [0.1, 0.15) is 50.8 Å². The Hall–Kier alpha value is -1.95. The summed E-state index contributed by atoms with van der Waals surface area (Å²) in [6, 6.07) is 3.77. The Morgan fingerprint density at radius 2 is 1.88 bits per heavy atom. The van der Waals surface area contributed by atoms with E-state index in [0.29, 0.717) is 30.9 Å². The molecule has 1 aromatic carbocycles. The van der Waals surface area contributed by atoms with E-state index in [9.17, 15) is 9.90 Å². The third kappa shape index (κ3) is 4.57. The molecule has 6 heteroatoms. The first-order chi connectivity index (χ1) is 11.8. The largest absolute Gasteiger partial charge is 0.493 e. The number of amides is 1. The predicted octanol–water partition coefficient (Wildman–Crippen LogP) is 3.31. The number of hydrogen-bond donors (Lipinski definition) is 1. The van der Waals surface area contributed by atoms with Gasteiger partial charge in [0.1, 0.15) is 5.60 Å². The third-order valence-electron chi connectivity index (χ3n) is 4.27. The molecule has 25 heavy (non-hydrogen) atoms. The number of ether oxygens (including phenoxy) is 3. The Balaban J connectivity index is 2.38. The van der Waals surface area contributed by atoms with E-state index in [0.717, 1.165) is 17.5 Å². The first-order valence-electron chi connectivity index (χ1n) is 8.66. The molecule has 0 aliphatic carbocycles. The predicted molar refractivity (Wildman–Crippen MR) is 95.3 cm³/mol. The van der Waals surface area contributed by atoms with Gasteiger partial charge in [-0.2, -0.15) is 0 Å². The number of carbonyl (C=O) groups excluding carboxylic acids is 1. The Morgan fingerprint density at radius 1 is 1.24 bits per heavy atom. The minimum atomic E-state index is -0.545. The highest BCUT2D eigenvalue weighted by Crippen LogP contribution is 2.40. The minimum absolute atomic E-state index is 0.0846. The van der Waals surface area contributed by atoms with Crippen LogP contribution >= 0.6 is 0 Å². The lowest BCUT2D eigenvalue weighted by Gasteiger charge is -2.38. The van der Waals surface area contributed by atoms with E-state index in [-0.39, 0.29) is 18.7 Å². The topological polar surface area (TPSA) is 68.2 Å². The molecule has 1 heterocycles. The van der Waals surface area contributed by atoms with Gasteiger partial charge in [-0.1, -0.05) is 0 Å². The molecule has 1 unspecified atom stereocenters. The van der Waals surface area contributed by atoms with Gasteiger partial charge in [0.2, 0.25) is 0 Å². The van der Waals surface area contributed by atoms with Crippen LogP contribution in [0.4, 0.5) is 4.79 Å². The molecule has 0 spiro atoms. The van der Waals surface area contributed by atoms with Crippen LogP contribution in [0.3, 0.4) is 0 Å². The fourth-order valence-electron chi connectivity index (χ4n) is 3.16. The van der Waals surface area contributed by atoms with Crippen LogP contribution in [0.2, 0.25) is 0 Å². The van der Waals surface area contributed by atoms with Gasteiger partial charge in [-0.25, -0.2) is 4.79 Å². The summed E-state index contributed by atoms with van der Waals surface area (Å²) in [5, 5.41) is 9.26. The van der Waals surface area contributed by atoms with Crippen molar-refractivity contribution in [3.8, 4) is 11.5 Å². The summed E-state index contributed by atoms with van der Waals surface area (Å²) in [7, 11) is 3.21. The molecule has 6 nitrogen and oxygen atoms in total. The highest BCUT2D eigenvalue weighted by atomic mass is 16.6.